The standard InChI is InChI=1S/C17H21ClFN3O2S/c18-13-2-1-3-14(19)16(13)17(24)22-7-5-21(6-8-22)15(23)10-12-11-25-9-4-20-12/h1-3,12,20H,4-11H2. The third-order valence-electron chi connectivity index (χ3n) is 4.52. The number of rotatable bonds is 3. The minimum atomic E-state index is -0.614. The molecule has 1 N–H and O–H groups in total. The Hall–Kier alpha value is -1.31. The van der Waals surface area contributed by atoms with Crippen LogP contribution in [-0.2, 0) is 4.79 Å². The number of halogens is 2. The molecule has 25 heavy (non-hydrogen) atoms. The largest absolute Gasteiger partial charge is 0.339 e. The van der Waals surface area contributed by atoms with E-state index in [1.165, 1.54) is 18.2 Å². The molecule has 1 aromatic rings. The van der Waals surface area contributed by atoms with Gasteiger partial charge in [0.25, 0.3) is 5.91 Å². The predicted molar refractivity (Wildman–Crippen MR) is 97.6 cm³/mol. The molecule has 0 aromatic heterocycles. The number of hydrogen-bond donors (Lipinski definition) is 1. The van der Waals surface area contributed by atoms with Gasteiger partial charge in [0, 0.05) is 56.7 Å². The van der Waals surface area contributed by atoms with E-state index in [2.05, 4.69) is 5.32 Å². The maximum atomic E-state index is 13.9. The second-order valence-electron chi connectivity index (χ2n) is 6.20. The molecule has 3 rings (SSSR count). The number of nitrogens with one attached hydrogen (secondary N) is 1. The fourth-order valence-corrected chi connectivity index (χ4v) is 4.30. The molecule has 2 saturated heterocycles. The Morgan fingerprint density at radius 3 is 2.60 bits per heavy atom. The third-order valence-corrected chi connectivity index (χ3v) is 5.96. The van der Waals surface area contributed by atoms with Crippen molar-refractivity contribution in [2.75, 3.05) is 44.2 Å². The average Bonchev–Trinajstić information content (AvgIpc) is 2.62. The molecule has 0 bridgehead atoms. The Morgan fingerprint density at radius 2 is 1.96 bits per heavy atom. The van der Waals surface area contributed by atoms with Gasteiger partial charge in [0.05, 0.1) is 10.6 Å². The van der Waals surface area contributed by atoms with E-state index in [0.29, 0.717) is 32.6 Å². The van der Waals surface area contributed by atoms with Crippen molar-refractivity contribution < 1.29 is 14.0 Å². The predicted octanol–water partition coefficient (Wildman–Crippen LogP) is 1.86. The smallest absolute Gasteiger partial charge is 0.258 e. The molecule has 1 unspecified atom stereocenters. The van der Waals surface area contributed by atoms with Crippen molar-refractivity contribution in [1.29, 1.82) is 0 Å². The Bertz CT molecular complexity index is 627. The van der Waals surface area contributed by atoms with Gasteiger partial charge in [-0.3, -0.25) is 9.59 Å². The summed E-state index contributed by atoms with van der Waals surface area (Å²) in [4.78, 5) is 28.3. The van der Waals surface area contributed by atoms with Gasteiger partial charge in [0.15, 0.2) is 0 Å². The highest BCUT2D eigenvalue weighted by Gasteiger charge is 2.28. The highest BCUT2D eigenvalue weighted by atomic mass is 35.5. The van der Waals surface area contributed by atoms with Crippen molar-refractivity contribution in [3.05, 3.63) is 34.6 Å². The molecule has 1 atom stereocenters. The molecule has 2 aliphatic heterocycles. The fraction of sp³-hybridized carbons (Fsp3) is 0.529. The van der Waals surface area contributed by atoms with Crippen LogP contribution in [0.1, 0.15) is 16.8 Å². The number of nitrogens with zero attached hydrogens (tertiary/aromatic N) is 2. The number of carbonyl (C=O) groups excluding carboxylic acids is 2. The molecule has 8 heteroatoms. The van der Waals surface area contributed by atoms with E-state index in [0.717, 1.165) is 18.1 Å². The van der Waals surface area contributed by atoms with Gasteiger partial charge in [-0.05, 0) is 12.1 Å². The molecule has 2 heterocycles. The Labute approximate surface area is 155 Å². The third kappa shape index (κ3) is 4.46. The zero-order valence-corrected chi connectivity index (χ0v) is 15.4. The quantitative estimate of drug-likeness (QED) is 0.862. The van der Waals surface area contributed by atoms with Crippen molar-refractivity contribution in [3.63, 3.8) is 0 Å². The lowest BCUT2D eigenvalue weighted by molar-refractivity contribution is -0.133. The molecule has 0 radical (unpaired) electrons. The molecular formula is C17H21ClFN3O2S. The van der Waals surface area contributed by atoms with E-state index in [1.54, 1.807) is 9.80 Å². The summed E-state index contributed by atoms with van der Waals surface area (Å²) in [5, 5.41) is 3.48. The Morgan fingerprint density at radius 1 is 1.24 bits per heavy atom. The minimum Gasteiger partial charge on any atom is -0.339 e. The maximum Gasteiger partial charge on any atom is 0.258 e. The number of thioether (sulfide) groups is 1. The van der Waals surface area contributed by atoms with Crippen molar-refractivity contribution in [1.82, 2.24) is 15.1 Å². The lowest BCUT2D eigenvalue weighted by atomic mass is 10.1. The first-order valence-corrected chi connectivity index (χ1v) is 9.91. The van der Waals surface area contributed by atoms with Crippen LogP contribution in [0.25, 0.3) is 0 Å². The van der Waals surface area contributed by atoms with Crippen LogP contribution in [0.15, 0.2) is 18.2 Å². The van der Waals surface area contributed by atoms with Crippen LogP contribution in [0, 0.1) is 5.82 Å². The summed E-state index contributed by atoms with van der Waals surface area (Å²) >= 11 is 7.83. The lowest BCUT2D eigenvalue weighted by Crippen LogP contribution is -2.52. The van der Waals surface area contributed by atoms with E-state index < -0.39 is 11.7 Å². The topological polar surface area (TPSA) is 52.7 Å². The monoisotopic (exact) mass is 385 g/mol. The summed E-state index contributed by atoms with van der Waals surface area (Å²) in [5.74, 6) is 1.12. The van der Waals surface area contributed by atoms with E-state index in [1.807, 2.05) is 11.8 Å². The zero-order chi connectivity index (χ0) is 17.8. The molecular weight excluding hydrogens is 365 g/mol. The van der Waals surface area contributed by atoms with E-state index in [9.17, 15) is 14.0 Å². The van der Waals surface area contributed by atoms with Crippen molar-refractivity contribution in [2.24, 2.45) is 0 Å². The molecule has 0 spiro atoms. The summed E-state index contributed by atoms with van der Waals surface area (Å²) in [7, 11) is 0. The molecule has 2 amide bonds. The van der Waals surface area contributed by atoms with Crippen molar-refractivity contribution in [2.45, 2.75) is 12.5 Å². The van der Waals surface area contributed by atoms with E-state index >= 15 is 0 Å². The van der Waals surface area contributed by atoms with Gasteiger partial charge >= 0.3 is 0 Å². The lowest BCUT2D eigenvalue weighted by Gasteiger charge is -2.36. The first-order chi connectivity index (χ1) is 12.1. The van der Waals surface area contributed by atoms with Gasteiger partial charge < -0.3 is 15.1 Å². The Kier molecular flexibility index (Phi) is 6.19. The normalized spacial score (nSPS) is 21.3. The molecule has 0 saturated carbocycles. The molecule has 2 aliphatic rings. The molecule has 5 nitrogen and oxygen atoms in total. The van der Waals surface area contributed by atoms with Crippen molar-refractivity contribution >= 4 is 35.2 Å². The molecule has 2 fully saturated rings. The molecule has 1 aromatic carbocycles. The number of piperazine rings is 1. The number of benzene rings is 1. The second kappa shape index (κ2) is 8.38. The van der Waals surface area contributed by atoms with Crippen LogP contribution in [-0.4, -0.2) is 71.9 Å². The summed E-state index contributed by atoms with van der Waals surface area (Å²) in [6, 6.07) is 4.44. The highest BCUT2D eigenvalue weighted by Crippen LogP contribution is 2.21. The first-order valence-electron chi connectivity index (χ1n) is 8.38. The minimum absolute atomic E-state index is 0.0904. The van der Waals surface area contributed by atoms with Crippen LogP contribution in [0.2, 0.25) is 5.02 Å². The van der Waals surface area contributed by atoms with E-state index in [-0.39, 0.29) is 22.5 Å². The molecule has 0 aliphatic carbocycles. The fourth-order valence-electron chi connectivity index (χ4n) is 3.11. The van der Waals surface area contributed by atoms with Crippen LogP contribution < -0.4 is 5.32 Å². The number of hydrogen-bond acceptors (Lipinski definition) is 4. The first kappa shape index (κ1) is 18.5. The van der Waals surface area contributed by atoms with Gasteiger partial charge in [-0.1, -0.05) is 17.7 Å². The van der Waals surface area contributed by atoms with Gasteiger partial charge in [0.1, 0.15) is 5.82 Å². The molecule has 136 valence electrons. The summed E-state index contributed by atoms with van der Waals surface area (Å²) in [6.07, 6.45) is 0.486. The Balaban J connectivity index is 1.54. The number of amides is 2. The van der Waals surface area contributed by atoms with Crippen LogP contribution >= 0.6 is 23.4 Å². The summed E-state index contributed by atoms with van der Waals surface area (Å²) in [5.41, 5.74) is -0.0904. The number of carbonyl (C=O) groups is 2. The van der Waals surface area contributed by atoms with Crippen LogP contribution in [0.3, 0.4) is 0 Å². The summed E-state index contributed by atoms with van der Waals surface area (Å²) < 4.78 is 13.9. The second-order valence-corrected chi connectivity index (χ2v) is 7.76. The summed E-state index contributed by atoms with van der Waals surface area (Å²) in [6.45, 7) is 2.66. The van der Waals surface area contributed by atoms with Crippen LogP contribution in [0.5, 0.6) is 0 Å². The SMILES string of the molecule is O=C(CC1CSCCN1)N1CCN(C(=O)c2c(F)cccc2Cl)CC1. The van der Waals surface area contributed by atoms with Gasteiger partial charge in [-0.2, -0.15) is 11.8 Å². The highest BCUT2D eigenvalue weighted by molar-refractivity contribution is 7.99. The van der Waals surface area contributed by atoms with Gasteiger partial charge in [-0.25, -0.2) is 4.39 Å². The van der Waals surface area contributed by atoms with Gasteiger partial charge in [0.2, 0.25) is 5.91 Å². The zero-order valence-electron chi connectivity index (χ0n) is 13.8. The van der Waals surface area contributed by atoms with E-state index in [4.69, 9.17) is 11.6 Å². The van der Waals surface area contributed by atoms with Crippen molar-refractivity contribution in [3.8, 4) is 0 Å². The average molecular weight is 386 g/mol. The van der Waals surface area contributed by atoms with Gasteiger partial charge in [-0.15, -0.1) is 0 Å². The maximum absolute atomic E-state index is 13.9. The van der Waals surface area contributed by atoms with Crippen LogP contribution in [0.4, 0.5) is 4.39 Å².